The van der Waals surface area contributed by atoms with Crippen LogP contribution in [0.25, 0.3) is 0 Å². The SMILES string of the molecule is CC(C)(C)[Si](C)(C)O[C@H]1C[C@@H](C(C)(C)S(=O)(=O)c2cccc(C(F)(F)F)c2)C1. The summed E-state index contributed by atoms with van der Waals surface area (Å²) < 4.78 is 70.4. The molecule has 0 amide bonds. The van der Waals surface area contributed by atoms with Gasteiger partial charge < -0.3 is 4.43 Å². The van der Waals surface area contributed by atoms with Crippen LogP contribution in [-0.2, 0) is 20.4 Å². The van der Waals surface area contributed by atoms with Crippen molar-refractivity contribution in [2.24, 2.45) is 5.92 Å². The average molecular weight is 437 g/mol. The number of sulfone groups is 1. The predicted molar refractivity (Wildman–Crippen MR) is 108 cm³/mol. The molecule has 0 spiro atoms. The molecule has 160 valence electrons. The van der Waals surface area contributed by atoms with E-state index < -0.39 is 34.6 Å². The molecule has 28 heavy (non-hydrogen) atoms. The van der Waals surface area contributed by atoms with E-state index in [1.165, 1.54) is 6.07 Å². The summed E-state index contributed by atoms with van der Waals surface area (Å²) in [6.07, 6.45) is -3.34. The third-order valence-electron chi connectivity index (χ3n) is 6.51. The summed E-state index contributed by atoms with van der Waals surface area (Å²) in [5.41, 5.74) is -0.947. The number of alkyl halides is 3. The Labute approximate surface area is 167 Å². The van der Waals surface area contributed by atoms with Crippen LogP contribution in [0.2, 0.25) is 18.1 Å². The Balaban J connectivity index is 2.18. The van der Waals surface area contributed by atoms with Gasteiger partial charge in [0.1, 0.15) is 0 Å². The van der Waals surface area contributed by atoms with Gasteiger partial charge in [-0.05, 0) is 68.9 Å². The number of rotatable bonds is 5. The summed E-state index contributed by atoms with van der Waals surface area (Å²) in [6, 6.07) is 4.02. The van der Waals surface area contributed by atoms with E-state index in [0.717, 1.165) is 18.2 Å². The highest BCUT2D eigenvalue weighted by Gasteiger charge is 2.51. The van der Waals surface area contributed by atoms with Gasteiger partial charge in [0.05, 0.1) is 15.2 Å². The lowest BCUT2D eigenvalue weighted by Crippen LogP contribution is -2.53. The average Bonchev–Trinajstić information content (AvgIpc) is 2.48. The maximum atomic E-state index is 13.1. The third-order valence-corrected chi connectivity index (χ3v) is 13.6. The second-order valence-electron chi connectivity index (χ2n) is 9.80. The van der Waals surface area contributed by atoms with E-state index in [2.05, 4.69) is 33.9 Å². The highest BCUT2D eigenvalue weighted by molar-refractivity contribution is 7.92. The zero-order valence-electron chi connectivity index (χ0n) is 17.6. The summed E-state index contributed by atoms with van der Waals surface area (Å²) in [6.45, 7) is 14.0. The summed E-state index contributed by atoms with van der Waals surface area (Å²) in [7, 11) is -5.86. The van der Waals surface area contributed by atoms with E-state index in [4.69, 9.17) is 4.43 Å². The molecule has 0 aliphatic heterocycles. The van der Waals surface area contributed by atoms with Crippen LogP contribution in [0, 0.1) is 5.92 Å². The van der Waals surface area contributed by atoms with Crippen molar-refractivity contribution in [1.82, 2.24) is 0 Å². The van der Waals surface area contributed by atoms with Crippen LogP contribution in [0.1, 0.15) is 53.0 Å². The molecule has 0 heterocycles. The summed E-state index contributed by atoms with van der Waals surface area (Å²) in [5, 5.41) is 0.0672. The Morgan fingerprint density at radius 3 is 2.04 bits per heavy atom. The van der Waals surface area contributed by atoms with E-state index in [9.17, 15) is 21.6 Å². The van der Waals surface area contributed by atoms with Gasteiger partial charge in [-0.25, -0.2) is 8.42 Å². The van der Waals surface area contributed by atoms with Gasteiger partial charge in [-0.15, -0.1) is 0 Å². The van der Waals surface area contributed by atoms with Crippen LogP contribution in [0.15, 0.2) is 29.2 Å². The van der Waals surface area contributed by atoms with Crippen molar-refractivity contribution in [3.05, 3.63) is 29.8 Å². The summed E-state index contributed by atoms with van der Waals surface area (Å²) in [4.78, 5) is -0.277. The zero-order valence-corrected chi connectivity index (χ0v) is 19.5. The van der Waals surface area contributed by atoms with Crippen molar-refractivity contribution in [3.63, 3.8) is 0 Å². The van der Waals surface area contributed by atoms with Gasteiger partial charge in [-0.2, -0.15) is 13.2 Å². The van der Waals surface area contributed by atoms with Crippen LogP contribution >= 0.6 is 0 Å². The fourth-order valence-electron chi connectivity index (χ4n) is 3.19. The summed E-state index contributed by atoms with van der Waals surface area (Å²) in [5.74, 6) is -0.151. The number of hydrogen-bond donors (Lipinski definition) is 0. The first-order valence-corrected chi connectivity index (χ1v) is 13.9. The van der Waals surface area contributed by atoms with E-state index in [-0.39, 0.29) is 22.0 Å². The number of benzene rings is 1. The molecule has 1 aliphatic rings. The van der Waals surface area contributed by atoms with Gasteiger partial charge in [-0.3, -0.25) is 0 Å². The van der Waals surface area contributed by atoms with Gasteiger partial charge in [0.15, 0.2) is 18.2 Å². The molecule has 0 aromatic heterocycles. The molecule has 1 aromatic carbocycles. The first-order chi connectivity index (χ1) is 12.4. The maximum absolute atomic E-state index is 13.1. The molecule has 0 N–H and O–H groups in total. The Bertz CT molecular complexity index is 818. The topological polar surface area (TPSA) is 43.4 Å². The molecular formula is C20H31F3O3SSi. The smallest absolute Gasteiger partial charge is 0.414 e. The Morgan fingerprint density at radius 1 is 1.04 bits per heavy atom. The summed E-state index contributed by atoms with van der Waals surface area (Å²) >= 11 is 0. The Morgan fingerprint density at radius 2 is 1.57 bits per heavy atom. The molecule has 1 fully saturated rings. The van der Waals surface area contributed by atoms with Crippen molar-refractivity contribution < 1.29 is 26.0 Å². The third kappa shape index (κ3) is 4.33. The van der Waals surface area contributed by atoms with E-state index in [1.807, 2.05) is 0 Å². The minimum Gasteiger partial charge on any atom is -0.414 e. The Hall–Kier alpha value is -0.863. The second kappa shape index (κ2) is 7.13. The number of hydrogen-bond acceptors (Lipinski definition) is 3. The lowest BCUT2D eigenvalue weighted by molar-refractivity contribution is -0.137. The standard InChI is InChI=1S/C20H31F3O3SSi/c1-18(2,3)28(6,7)26-16-11-15(12-16)19(4,5)27(24,25)17-10-8-9-14(13-17)20(21,22)23/h8-10,13,15-16H,11-12H2,1-7H3/t15-,16+. The molecular weight excluding hydrogens is 405 g/mol. The minimum absolute atomic E-state index is 0.0156. The number of halogens is 3. The van der Waals surface area contributed by atoms with Crippen LogP contribution in [0.4, 0.5) is 13.2 Å². The predicted octanol–water partition coefficient (Wildman–Crippen LogP) is 6.06. The van der Waals surface area contributed by atoms with Crippen molar-refractivity contribution in [2.45, 2.75) is 87.5 Å². The van der Waals surface area contributed by atoms with Crippen LogP contribution in [0.5, 0.6) is 0 Å². The van der Waals surface area contributed by atoms with E-state index in [0.29, 0.717) is 12.8 Å². The molecule has 2 rings (SSSR count). The lowest BCUT2D eigenvalue weighted by Gasteiger charge is -2.49. The minimum atomic E-state index is -4.58. The molecule has 8 heteroatoms. The largest absolute Gasteiger partial charge is 0.416 e. The first kappa shape index (κ1) is 23.4. The zero-order chi connectivity index (χ0) is 21.8. The maximum Gasteiger partial charge on any atom is 0.416 e. The molecule has 3 nitrogen and oxygen atoms in total. The molecule has 0 saturated heterocycles. The molecule has 1 aliphatic carbocycles. The monoisotopic (exact) mass is 436 g/mol. The fourth-order valence-corrected chi connectivity index (χ4v) is 6.34. The van der Waals surface area contributed by atoms with Crippen molar-refractivity contribution in [2.75, 3.05) is 0 Å². The van der Waals surface area contributed by atoms with Crippen LogP contribution in [-0.4, -0.2) is 27.6 Å². The highest BCUT2D eigenvalue weighted by Crippen LogP contribution is 2.47. The van der Waals surface area contributed by atoms with Crippen molar-refractivity contribution in [1.29, 1.82) is 0 Å². The van der Waals surface area contributed by atoms with Crippen molar-refractivity contribution in [3.8, 4) is 0 Å². The fraction of sp³-hybridized carbons (Fsp3) is 0.700. The van der Waals surface area contributed by atoms with Gasteiger partial charge >= 0.3 is 6.18 Å². The molecule has 0 radical (unpaired) electrons. The Kier molecular flexibility index (Phi) is 5.96. The van der Waals surface area contributed by atoms with Crippen LogP contribution < -0.4 is 0 Å². The second-order valence-corrected chi connectivity index (χ2v) is 17.1. The van der Waals surface area contributed by atoms with Crippen LogP contribution in [0.3, 0.4) is 0 Å². The van der Waals surface area contributed by atoms with E-state index in [1.54, 1.807) is 13.8 Å². The van der Waals surface area contributed by atoms with Gasteiger partial charge in [0.2, 0.25) is 0 Å². The highest BCUT2D eigenvalue weighted by atomic mass is 32.2. The van der Waals surface area contributed by atoms with Gasteiger partial charge in [-0.1, -0.05) is 26.8 Å². The molecule has 0 bridgehead atoms. The molecule has 0 unspecified atom stereocenters. The molecule has 1 aromatic rings. The molecule has 0 atom stereocenters. The lowest BCUT2D eigenvalue weighted by atomic mass is 9.75. The van der Waals surface area contributed by atoms with E-state index >= 15 is 0 Å². The normalized spacial score (nSPS) is 22.1. The molecule has 1 saturated carbocycles. The quantitative estimate of drug-likeness (QED) is 0.527. The van der Waals surface area contributed by atoms with Gasteiger partial charge in [0, 0.05) is 6.10 Å². The first-order valence-electron chi connectivity index (χ1n) is 9.49. The van der Waals surface area contributed by atoms with Crippen molar-refractivity contribution >= 4 is 18.2 Å². The van der Waals surface area contributed by atoms with Gasteiger partial charge in [0.25, 0.3) is 0 Å².